The van der Waals surface area contributed by atoms with E-state index in [0.29, 0.717) is 23.8 Å². The van der Waals surface area contributed by atoms with E-state index in [1.54, 1.807) is 24.3 Å². The summed E-state index contributed by atoms with van der Waals surface area (Å²) in [6.45, 7) is 3.81. The molecule has 1 atom stereocenters. The summed E-state index contributed by atoms with van der Waals surface area (Å²) in [5.41, 5.74) is 0.856. The maximum Gasteiger partial charge on any atom is 0.331 e. The number of fused-ring (bicyclic) bond motifs is 1. The number of carbonyl (C=O) groups excluding carboxylic acids is 2. The van der Waals surface area contributed by atoms with Crippen LogP contribution in [0.25, 0.3) is 6.08 Å². The average Bonchev–Trinajstić information content (AvgIpc) is 3.25. The maximum atomic E-state index is 12.1. The largest absolute Gasteiger partial charge is 0.462 e. The summed E-state index contributed by atoms with van der Waals surface area (Å²) in [6.07, 6.45) is 1.80. The van der Waals surface area contributed by atoms with Crippen molar-refractivity contribution in [3.63, 3.8) is 0 Å². The zero-order valence-corrected chi connectivity index (χ0v) is 14.5. The van der Waals surface area contributed by atoms with Gasteiger partial charge in [-0.15, -0.1) is 0 Å². The fraction of sp³-hybridized carbons (Fsp3) is 0.263. The highest BCUT2D eigenvalue weighted by Gasteiger charge is 2.17. The molecule has 0 spiro atoms. The quantitative estimate of drug-likeness (QED) is 0.632. The van der Waals surface area contributed by atoms with Gasteiger partial charge in [-0.2, -0.15) is 0 Å². The van der Waals surface area contributed by atoms with Crippen LogP contribution in [0.1, 0.15) is 24.0 Å². The molecule has 0 bridgehead atoms. The Morgan fingerprint density at radius 2 is 2.04 bits per heavy atom. The second kappa shape index (κ2) is 7.77. The first-order valence-electron chi connectivity index (χ1n) is 8.12. The zero-order valence-electron chi connectivity index (χ0n) is 14.5. The van der Waals surface area contributed by atoms with Gasteiger partial charge in [0, 0.05) is 12.6 Å². The van der Waals surface area contributed by atoms with Gasteiger partial charge < -0.3 is 23.9 Å². The van der Waals surface area contributed by atoms with Crippen LogP contribution in [0.5, 0.6) is 11.5 Å². The predicted molar refractivity (Wildman–Crippen MR) is 92.4 cm³/mol. The molecule has 1 aliphatic heterocycles. The molecule has 7 heteroatoms. The number of furan rings is 1. The third-order valence-electron chi connectivity index (χ3n) is 3.71. The molecule has 1 unspecified atom stereocenters. The lowest BCUT2D eigenvalue weighted by Crippen LogP contribution is -2.35. The topological polar surface area (TPSA) is 87.0 Å². The normalized spacial score (nSPS) is 13.6. The van der Waals surface area contributed by atoms with Crippen LogP contribution in [0, 0.1) is 6.92 Å². The van der Waals surface area contributed by atoms with Gasteiger partial charge in [0.15, 0.2) is 17.6 Å². The summed E-state index contributed by atoms with van der Waals surface area (Å²) >= 11 is 0. The van der Waals surface area contributed by atoms with Crippen molar-refractivity contribution in [3.8, 4) is 11.5 Å². The Labute approximate surface area is 150 Å². The number of rotatable bonds is 6. The van der Waals surface area contributed by atoms with E-state index in [0.717, 1.165) is 11.3 Å². The molecule has 7 nitrogen and oxygen atoms in total. The maximum absolute atomic E-state index is 12.1. The molecule has 0 saturated carbocycles. The van der Waals surface area contributed by atoms with E-state index in [-0.39, 0.29) is 6.79 Å². The first kappa shape index (κ1) is 17.6. The SMILES string of the molecule is Cc1ccc(C=CC(=O)OC(C)C(=O)NCc2ccc3c(c2)OCO3)o1. The van der Waals surface area contributed by atoms with E-state index in [9.17, 15) is 9.59 Å². The average molecular weight is 357 g/mol. The van der Waals surface area contributed by atoms with Crippen LogP contribution in [0.3, 0.4) is 0 Å². The van der Waals surface area contributed by atoms with E-state index in [2.05, 4.69) is 5.32 Å². The molecule has 136 valence electrons. The van der Waals surface area contributed by atoms with Gasteiger partial charge >= 0.3 is 5.97 Å². The van der Waals surface area contributed by atoms with Gasteiger partial charge in [-0.1, -0.05) is 6.07 Å². The highest BCUT2D eigenvalue weighted by molar-refractivity contribution is 5.90. The fourth-order valence-electron chi connectivity index (χ4n) is 2.34. The lowest BCUT2D eigenvalue weighted by molar-refractivity contribution is -0.150. The molecule has 1 aromatic carbocycles. The Hall–Kier alpha value is -3.22. The lowest BCUT2D eigenvalue weighted by Gasteiger charge is -2.12. The van der Waals surface area contributed by atoms with E-state index in [1.165, 1.54) is 19.1 Å². The van der Waals surface area contributed by atoms with Gasteiger partial charge in [0.25, 0.3) is 5.91 Å². The minimum absolute atomic E-state index is 0.198. The Bertz CT molecular complexity index is 838. The Morgan fingerprint density at radius 3 is 2.81 bits per heavy atom. The van der Waals surface area contributed by atoms with Crippen LogP contribution < -0.4 is 14.8 Å². The van der Waals surface area contributed by atoms with Crippen LogP contribution in [0.15, 0.2) is 40.8 Å². The molecule has 2 aromatic rings. The molecule has 0 aliphatic carbocycles. The molecule has 2 heterocycles. The van der Waals surface area contributed by atoms with Crippen molar-refractivity contribution in [2.24, 2.45) is 0 Å². The van der Waals surface area contributed by atoms with Crippen molar-refractivity contribution in [2.45, 2.75) is 26.5 Å². The third-order valence-corrected chi connectivity index (χ3v) is 3.71. The third kappa shape index (κ3) is 4.44. The van der Waals surface area contributed by atoms with Crippen LogP contribution in [0.2, 0.25) is 0 Å². The summed E-state index contributed by atoms with van der Waals surface area (Å²) in [6, 6.07) is 8.94. The minimum atomic E-state index is -0.917. The van der Waals surface area contributed by atoms with Crippen molar-refractivity contribution in [1.82, 2.24) is 5.32 Å². The van der Waals surface area contributed by atoms with E-state index in [1.807, 2.05) is 13.0 Å². The summed E-state index contributed by atoms with van der Waals surface area (Å²) in [4.78, 5) is 23.9. The monoisotopic (exact) mass is 357 g/mol. The minimum Gasteiger partial charge on any atom is -0.462 e. The second-order valence-electron chi connectivity index (χ2n) is 5.77. The number of hydrogen-bond acceptors (Lipinski definition) is 6. The molecular weight excluding hydrogens is 338 g/mol. The number of carbonyl (C=O) groups is 2. The molecular formula is C19H19NO6. The summed E-state index contributed by atoms with van der Waals surface area (Å²) < 4.78 is 20.9. The van der Waals surface area contributed by atoms with Crippen LogP contribution in [-0.4, -0.2) is 24.8 Å². The van der Waals surface area contributed by atoms with Crippen molar-refractivity contribution < 1.29 is 28.2 Å². The van der Waals surface area contributed by atoms with Crippen molar-refractivity contribution >= 4 is 18.0 Å². The Kier molecular flexibility index (Phi) is 5.26. The van der Waals surface area contributed by atoms with Gasteiger partial charge in [0.2, 0.25) is 6.79 Å². The van der Waals surface area contributed by atoms with Crippen LogP contribution >= 0.6 is 0 Å². The molecule has 0 saturated heterocycles. The number of nitrogens with one attached hydrogen (secondary N) is 1. The number of hydrogen-bond donors (Lipinski definition) is 1. The first-order valence-corrected chi connectivity index (χ1v) is 8.12. The number of ether oxygens (including phenoxy) is 3. The number of aryl methyl sites for hydroxylation is 1. The van der Waals surface area contributed by atoms with Crippen molar-refractivity contribution in [2.75, 3.05) is 6.79 Å². The highest BCUT2D eigenvalue weighted by Crippen LogP contribution is 2.32. The van der Waals surface area contributed by atoms with Gasteiger partial charge in [0.1, 0.15) is 11.5 Å². The molecule has 0 radical (unpaired) electrons. The molecule has 1 aliphatic rings. The number of esters is 1. The smallest absolute Gasteiger partial charge is 0.331 e. The highest BCUT2D eigenvalue weighted by atomic mass is 16.7. The van der Waals surface area contributed by atoms with E-state index >= 15 is 0 Å². The first-order chi connectivity index (χ1) is 12.5. The predicted octanol–water partition coefficient (Wildman–Crippen LogP) is 2.58. The summed E-state index contributed by atoms with van der Waals surface area (Å²) in [7, 11) is 0. The zero-order chi connectivity index (χ0) is 18.5. The van der Waals surface area contributed by atoms with Gasteiger partial charge in [-0.25, -0.2) is 4.79 Å². The van der Waals surface area contributed by atoms with Gasteiger partial charge in [-0.05, 0) is 49.8 Å². The molecule has 1 N–H and O–H groups in total. The van der Waals surface area contributed by atoms with Crippen molar-refractivity contribution in [1.29, 1.82) is 0 Å². The van der Waals surface area contributed by atoms with E-state index in [4.69, 9.17) is 18.6 Å². The van der Waals surface area contributed by atoms with Crippen LogP contribution in [0.4, 0.5) is 0 Å². The van der Waals surface area contributed by atoms with Gasteiger partial charge in [-0.3, -0.25) is 4.79 Å². The molecule has 1 amide bonds. The molecule has 3 rings (SSSR count). The lowest BCUT2D eigenvalue weighted by atomic mass is 10.2. The summed E-state index contributed by atoms with van der Waals surface area (Å²) in [5, 5.41) is 2.72. The number of benzene rings is 1. The number of amides is 1. The molecule has 1 aromatic heterocycles. The summed E-state index contributed by atoms with van der Waals surface area (Å²) in [5.74, 6) is 1.60. The van der Waals surface area contributed by atoms with Gasteiger partial charge in [0.05, 0.1) is 0 Å². The molecule has 26 heavy (non-hydrogen) atoms. The molecule has 0 fully saturated rings. The van der Waals surface area contributed by atoms with Crippen molar-refractivity contribution in [3.05, 3.63) is 53.5 Å². The van der Waals surface area contributed by atoms with Crippen LogP contribution in [-0.2, 0) is 20.9 Å². The second-order valence-corrected chi connectivity index (χ2v) is 5.77. The Morgan fingerprint density at radius 1 is 1.23 bits per heavy atom. The fourth-order valence-corrected chi connectivity index (χ4v) is 2.34. The standard InChI is InChI=1S/C19H19NO6/c1-12-3-5-15(25-12)6-8-18(21)26-13(2)19(22)20-10-14-4-7-16-17(9-14)24-11-23-16/h3-9,13H,10-11H2,1-2H3,(H,20,22). The van der Waals surface area contributed by atoms with E-state index < -0.39 is 18.0 Å². The Balaban J connectivity index is 1.46.